The van der Waals surface area contributed by atoms with Crippen molar-refractivity contribution in [1.82, 2.24) is 5.32 Å². The lowest BCUT2D eigenvalue weighted by Crippen LogP contribution is -2.45. The number of hydrogen-bond acceptors (Lipinski definition) is 3. The van der Waals surface area contributed by atoms with Gasteiger partial charge in [0, 0.05) is 12.0 Å². The molecule has 2 atom stereocenters. The highest BCUT2D eigenvalue weighted by Gasteiger charge is 2.35. The minimum atomic E-state index is -0.521. The fraction of sp³-hybridized carbons (Fsp3) is 0.435. The predicted octanol–water partition coefficient (Wildman–Crippen LogP) is 4.88. The number of nitrogens with one attached hydrogen (secondary N) is 1. The lowest BCUT2D eigenvalue weighted by molar-refractivity contribution is -0.129. The highest BCUT2D eigenvalue weighted by Crippen LogP contribution is 2.40. The summed E-state index contributed by atoms with van der Waals surface area (Å²) in [6.45, 7) is 10.1. The smallest absolute Gasteiger partial charge is 0.261 e. The summed E-state index contributed by atoms with van der Waals surface area (Å²) in [5.41, 5.74) is 3.00. The number of ether oxygens (including phenoxy) is 2. The van der Waals surface area contributed by atoms with Crippen LogP contribution in [0.4, 0.5) is 0 Å². The zero-order valence-electron chi connectivity index (χ0n) is 16.8. The first-order valence-corrected chi connectivity index (χ1v) is 9.60. The van der Waals surface area contributed by atoms with Crippen molar-refractivity contribution in [1.29, 1.82) is 0 Å². The van der Waals surface area contributed by atoms with Crippen LogP contribution in [0.1, 0.15) is 56.3 Å². The third kappa shape index (κ3) is 4.62. The van der Waals surface area contributed by atoms with Crippen molar-refractivity contribution in [2.24, 2.45) is 0 Å². The van der Waals surface area contributed by atoms with Gasteiger partial charge >= 0.3 is 0 Å². The number of aryl methyl sites for hydroxylation is 2. The molecule has 0 radical (unpaired) electrons. The Morgan fingerprint density at radius 3 is 2.52 bits per heavy atom. The molecule has 0 bridgehead atoms. The van der Waals surface area contributed by atoms with Crippen LogP contribution >= 0.6 is 0 Å². The van der Waals surface area contributed by atoms with Gasteiger partial charge in [0.1, 0.15) is 17.1 Å². The number of carbonyl (C=O) groups is 1. The quantitative estimate of drug-likeness (QED) is 0.819. The van der Waals surface area contributed by atoms with Crippen LogP contribution in [0, 0.1) is 13.8 Å². The molecule has 1 amide bonds. The van der Waals surface area contributed by atoms with Crippen LogP contribution in [0.25, 0.3) is 0 Å². The van der Waals surface area contributed by atoms with Crippen molar-refractivity contribution in [2.75, 3.05) is 0 Å². The molecule has 0 fully saturated rings. The van der Waals surface area contributed by atoms with E-state index in [0.717, 1.165) is 28.9 Å². The van der Waals surface area contributed by atoms with Crippen molar-refractivity contribution >= 4 is 5.91 Å². The van der Waals surface area contributed by atoms with Crippen LogP contribution in [0.5, 0.6) is 11.5 Å². The monoisotopic (exact) mass is 367 g/mol. The van der Waals surface area contributed by atoms with Gasteiger partial charge in [0.25, 0.3) is 5.91 Å². The van der Waals surface area contributed by atoms with E-state index in [2.05, 4.69) is 25.2 Å². The summed E-state index contributed by atoms with van der Waals surface area (Å²) >= 11 is 0. The van der Waals surface area contributed by atoms with E-state index in [1.807, 2.05) is 57.2 Å². The maximum absolute atomic E-state index is 12.9. The standard InChI is InChI=1S/C23H29NO3/c1-6-20(26-17-10-7-15(2)8-11-17)22(25)24-19-14-23(4,5)27-21-13-16(3)9-12-18(19)21/h7-13,19-20H,6,14H2,1-5H3,(H,24,25)/t19-,20+/m0/s1. The highest BCUT2D eigenvalue weighted by atomic mass is 16.5. The maximum Gasteiger partial charge on any atom is 0.261 e. The fourth-order valence-electron chi connectivity index (χ4n) is 3.46. The van der Waals surface area contributed by atoms with Crippen LogP contribution in [0.3, 0.4) is 0 Å². The Hall–Kier alpha value is -2.49. The summed E-state index contributed by atoms with van der Waals surface area (Å²) in [4.78, 5) is 12.9. The molecule has 144 valence electrons. The summed E-state index contributed by atoms with van der Waals surface area (Å²) < 4.78 is 12.1. The van der Waals surface area contributed by atoms with Gasteiger partial charge in [0.05, 0.1) is 6.04 Å². The first-order chi connectivity index (χ1) is 12.8. The summed E-state index contributed by atoms with van der Waals surface area (Å²) in [5.74, 6) is 1.47. The molecule has 0 aliphatic carbocycles. The molecule has 0 saturated carbocycles. The molecular formula is C23H29NO3. The van der Waals surface area contributed by atoms with E-state index in [0.29, 0.717) is 12.2 Å². The lowest BCUT2D eigenvalue weighted by atomic mass is 9.89. The molecule has 4 nitrogen and oxygen atoms in total. The summed E-state index contributed by atoms with van der Waals surface area (Å²) in [5, 5.41) is 3.19. The largest absolute Gasteiger partial charge is 0.487 e. The molecule has 4 heteroatoms. The minimum absolute atomic E-state index is 0.0903. The molecule has 0 saturated heterocycles. The van der Waals surface area contributed by atoms with Gasteiger partial charge in [-0.15, -0.1) is 0 Å². The number of rotatable bonds is 5. The van der Waals surface area contributed by atoms with Gasteiger partial charge in [-0.1, -0.05) is 36.8 Å². The highest BCUT2D eigenvalue weighted by molar-refractivity contribution is 5.81. The first kappa shape index (κ1) is 19.3. The Morgan fingerprint density at radius 2 is 1.85 bits per heavy atom. The van der Waals surface area contributed by atoms with Crippen molar-refractivity contribution in [3.05, 3.63) is 59.2 Å². The molecule has 1 heterocycles. The van der Waals surface area contributed by atoms with E-state index in [-0.39, 0.29) is 17.6 Å². The van der Waals surface area contributed by atoms with Crippen molar-refractivity contribution in [3.8, 4) is 11.5 Å². The second-order valence-corrected chi connectivity index (χ2v) is 8.00. The van der Waals surface area contributed by atoms with Gasteiger partial charge in [0.2, 0.25) is 0 Å². The molecular weight excluding hydrogens is 338 g/mol. The number of carbonyl (C=O) groups excluding carboxylic acids is 1. The van der Waals surface area contributed by atoms with Crippen LogP contribution in [0.2, 0.25) is 0 Å². The number of hydrogen-bond donors (Lipinski definition) is 1. The van der Waals surface area contributed by atoms with E-state index in [9.17, 15) is 4.79 Å². The average molecular weight is 367 g/mol. The summed E-state index contributed by atoms with van der Waals surface area (Å²) in [6.07, 6.45) is 0.801. The Kier molecular flexibility index (Phi) is 5.45. The topological polar surface area (TPSA) is 47.6 Å². The van der Waals surface area contributed by atoms with E-state index < -0.39 is 6.10 Å². The van der Waals surface area contributed by atoms with Gasteiger partial charge in [-0.25, -0.2) is 0 Å². The summed E-state index contributed by atoms with van der Waals surface area (Å²) in [7, 11) is 0. The fourth-order valence-corrected chi connectivity index (χ4v) is 3.46. The Morgan fingerprint density at radius 1 is 1.19 bits per heavy atom. The molecule has 1 aliphatic heterocycles. The van der Waals surface area contributed by atoms with Crippen LogP contribution < -0.4 is 14.8 Å². The zero-order chi connectivity index (χ0) is 19.6. The van der Waals surface area contributed by atoms with E-state index >= 15 is 0 Å². The minimum Gasteiger partial charge on any atom is -0.487 e. The van der Waals surface area contributed by atoms with E-state index in [1.54, 1.807) is 0 Å². The van der Waals surface area contributed by atoms with Crippen LogP contribution in [-0.4, -0.2) is 17.6 Å². The number of fused-ring (bicyclic) bond motifs is 1. The third-order valence-electron chi connectivity index (χ3n) is 4.91. The van der Waals surface area contributed by atoms with Crippen LogP contribution in [-0.2, 0) is 4.79 Å². The van der Waals surface area contributed by atoms with E-state index in [4.69, 9.17) is 9.47 Å². The predicted molar refractivity (Wildman–Crippen MR) is 107 cm³/mol. The number of amides is 1. The molecule has 2 aromatic rings. The first-order valence-electron chi connectivity index (χ1n) is 9.60. The van der Waals surface area contributed by atoms with Crippen molar-refractivity contribution < 1.29 is 14.3 Å². The van der Waals surface area contributed by atoms with Gasteiger partial charge in [-0.2, -0.15) is 0 Å². The Bertz CT molecular complexity index is 811. The van der Waals surface area contributed by atoms with Gasteiger partial charge in [-0.3, -0.25) is 4.79 Å². The van der Waals surface area contributed by atoms with Gasteiger partial charge < -0.3 is 14.8 Å². The second-order valence-electron chi connectivity index (χ2n) is 8.00. The average Bonchev–Trinajstić information content (AvgIpc) is 2.59. The zero-order valence-corrected chi connectivity index (χ0v) is 16.8. The summed E-state index contributed by atoms with van der Waals surface area (Å²) in [6, 6.07) is 13.8. The Balaban J connectivity index is 1.76. The second kappa shape index (κ2) is 7.63. The SMILES string of the molecule is CC[C@@H](Oc1ccc(C)cc1)C(=O)N[C@H]1CC(C)(C)Oc2cc(C)ccc21. The lowest BCUT2D eigenvalue weighted by Gasteiger charge is -2.38. The Labute approximate surface area is 161 Å². The van der Waals surface area contributed by atoms with Gasteiger partial charge in [-0.05, 0) is 57.9 Å². The van der Waals surface area contributed by atoms with Crippen molar-refractivity contribution in [3.63, 3.8) is 0 Å². The van der Waals surface area contributed by atoms with Crippen LogP contribution in [0.15, 0.2) is 42.5 Å². The van der Waals surface area contributed by atoms with Crippen molar-refractivity contribution in [2.45, 2.75) is 65.2 Å². The third-order valence-corrected chi connectivity index (χ3v) is 4.91. The molecule has 0 spiro atoms. The normalized spacial score (nSPS) is 18.8. The molecule has 0 aromatic heterocycles. The maximum atomic E-state index is 12.9. The molecule has 3 rings (SSSR count). The molecule has 1 N–H and O–H groups in total. The van der Waals surface area contributed by atoms with E-state index in [1.165, 1.54) is 0 Å². The van der Waals surface area contributed by atoms with Gasteiger partial charge in [0.15, 0.2) is 6.10 Å². The molecule has 27 heavy (non-hydrogen) atoms. The molecule has 0 unspecified atom stereocenters. The number of benzene rings is 2. The molecule has 1 aliphatic rings. The molecule has 2 aromatic carbocycles.